The molecule has 1 amide bonds. The SMILES string of the molecule is NC(=O)C1CCC[C@@H](c2ccccc2)C1. The largest absolute Gasteiger partial charge is 0.369 e. The molecule has 0 spiro atoms. The zero-order chi connectivity index (χ0) is 10.7. The van der Waals surface area contributed by atoms with Crippen molar-refractivity contribution in [1.29, 1.82) is 0 Å². The number of benzene rings is 1. The van der Waals surface area contributed by atoms with E-state index in [4.69, 9.17) is 5.73 Å². The highest BCUT2D eigenvalue weighted by Gasteiger charge is 2.26. The Morgan fingerprint density at radius 2 is 1.93 bits per heavy atom. The summed E-state index contributed by atoms with van der Waals surface area (Å²) in [6.45, 7) is 0. The fourth-order valence-electron chi connectivity index (χ4n) is 2.48. The third-order valence-electron chi connectivity index (χ3n) is 3.35. The van der Waals surface area contributed by atoms with E-state index >= 15 is 0 Å². The summed E-state index contributed by atoms with van der Waals surface area (Å²) in [5.41, 5.74) is 6.72. The Kier molecular flexibility index (Phi) is 3.05. The molecule has 1 aromatic rings. The van der Waals surface area contributed by atoms with Crippen LogP contribution in [0.15, 0.2) is 30.3 Å². The number of nitrogens with two attached hydrogens (primary N) is 1. The van der Waals surface area contributed by atoms with Gasteiger partial charge in [-0.2, -0.15) is 0 Å². The van der Waals surface area contributed by atoms with E-state index in [1.807, 2.05) is 6.07 Å². The van der Waals surface area contributed by atoms with Gasteiger partial charge in [0.1, 0.15) is 0 Å². The Morgan fingerprint density at radius 1 is 1.20 bits per heavy atom. The summed E-state index contributed by atoms with van der Waals surface area (Å²) in [5.74, 6) is 0.483. The van der Waals surface area contributed by atoms with Crippen molar-refractivity contribution in [2.24, 2.45) is 11.7 Å². The minimum atomic E-state index is -0.129. The molecule has 15 heavy (non-hydrogen) atoms. The minimum Gasteiger partial charge on any atom is -0.369 e. The van der Waals surface area contributed by atoms with Crippen LogP contribution in [-0.2, 0) is 4.79 Å². The van der Waals surface area contributed by atoms with Gasteiger partial charge in [-0.3, -0.25) is 4.79 Å². The monoisotopic (exact) mass is 203 g/mol. The fourth-order valence-corrected chi connectivity index (χ4v) is 2.48. The molecule has 1 aromatic carbocycles. The molecule has 1 fully saturated rings. The zero-order valence-corrected chi connectivity index (χ0v) is 8.86. The molecule has 2 N–H and O–H groups in total. The van der Waals surface area contributed by atoms with Crippen molar-refractivity contribution < 1.29 is 4.79 Å². The molecular weight excluding hydrogens is 186 g/mol. The van der Waals surface area contributed by atoms with Crippen LogP contribution in [0.3, 0.4) is 0 Å². The van der Waals surface area contributed by atoms with Crippen molar-refractivity contribution in [3.63, 3.8) is 0 Å². The molecule has 0 aromatic heterocycles. The van der Waals surface area contributed by atoms with Gasteiger partial charge in [0.25, 0.3) is 0 Å². The van der Waals surface area contributed by atoms with E-state index in [1.165, 1.54) is 12.0 Å². The second-order valence-corrected chi connectivity index (χ2v) is 4.37. The van der Waals surface area contributed by atoms with Gasteiger partial charge in [-0.1, -0.05) is 36.8 Å². The van der Waals surface area contributed by atoms with E-state index in [0.717, 1.165) is 19.3 Å². The van der Waals surface area contributed by atoms with Crippen molar-refractivity contribution in [2.75, 3.05) is 0 Å². The Morgan fingerprint density at radius 3 is 2.60 bits per heavy atom. The highest BCUT2D eigenvalue weighted by atomic mass is 16.1. The van der Waals surface area contributed by atoms with Crippen LogP contribution < -0.4 is 5.73 Å². The number of amides is 1. The fraction of sp³-hybridized carbons (Fsp3) is 0.462. The van der Waals surface area contributed by atoms with Crippen molar-refractivity contribution in [1.82, 2.24) is 0 Å². The molecule has 80 valence electrons. The van der Waals surface area contributed by atoms with Crippen molar-refractivity contribution in [3.8, 4) is 0 Å². The van der Waals surface area contributed by atoms with Gasteiger partial charge in [-0.15, -0.1) is 0 Å². The number of hydrogen-bond donors (Lipinski definition) is 1. The standard InChI is InChI=1S/C13H17NO/c14-13(15)12-8-4-7-11(9-12)10-5-2-1-3-6-10/h1-3,5-6,11-12H,4,7-9H2,(H2,14,15)/t11-,12?/m1/s1. The van der Waals surface area contributed by atoms with Gasteiger partial charge in [0.05, 0.1) is 0 Å². The molecule has 2 atom stereocenters. The molecular formula is C13H17NO. The van der Waals surface area contributed by atoms with Gasteiger partial charge in [-0.05, 0) is 30.7 Å². The van der Waals surface area contributed by atoms with E-state index in [-0.39, 0.29) is 11.8 Å². The van der Waals surface area contributed by atoms with Crippen molar-refractivity contribution in [2.45, 2.75) is 31.6 Å². The summed E-state index contributed by atoms with van der Waals surface area (Å²) in [5, 5.41) is 0. The smallest absolute Gasteiger partial charge is 0.220 e. The quantitative estimate of drug-likeness (QED) is 0.788. The third-order valence-corrected chi connectivity index (χ3v) is 3.35. The van der Waals surface area contributed by atoms with E-state index in [2.05, 4.69) is 24.3 Å². The summed E-state index contributed by atoms with van der Waals surface area (Å²) in [7, 11) is 0. The Balaban J connectivity index is 2.08. The second-order valence-electron chi connectivity index (χ2n) is 4.37. The van der Waals surface area contributed by atoms with Crippen LogP contribution in [-0.4, -0.2) is 5.91 Å². The molecule has 2 heteroatoms. The lowest BCUT2D eigenvalue weighted by atomic mass is 9.78. The lowest BCUT2D eigenvalue weighted by Gasteiger charge is -2.27. The normalized spacial score (nSPS) is 26.1. The molecule has 0 aliphatic heterocycles. The molecule has 1 unspecified atom stereocenters. The number of primary amides is 1. The summed E-state index contributed by atoms with van der Waals surface area (Å²) in [4.78, 5) is 11.2. The van der Waals surface area contributed by atoms with Gasteiger partial charge in [-0.25, -0.2) is 0 Å². The molecule has 0 saturated heterocycles. The number of rotatable bonds is 2. The van der Waals surface area contributed by atoms with Gasteiger partial charge in [0.15, 0.2) is 0 Å². The van der Waals surface area contributed by atoms with Crippen LogP contribution in [0.1, 0.15) is 37.2 Å². The predicted molar refractivity (Wildman–Crippen MR) is 60.3 cm³/mol. The van der Waals surface area contributed by atoms with E-state index in [9.17, 15) is 4.79 Å². The van der Waals surface area contributed by atoms with Gasteiger partial charge < -0.3 is 5.73 Å². The maximum absolute atomic E-state index is 11.2. The third kappa shape index (κ3) is 2.38. The molecule has 2 rings (SSSR count). The lowest BCUT2D eigenvalue weighted by molar-refractivity contribution is -0.122. The molecule has 2 nitrogen and oxygen atoms in total. The van der Waals surface area contributed by atoms with Crippen molar-refractivity contribution in [3.05, 3.63) is 35.9 Å². The lowest BCUT2D eigenvalue weighted by Crippen LogP contribution is -2.27. The first-order valence-corrected chi connectivity index (χ1v) is 5.61. The van der Waals surface area contributed by atoms with Gasteiger partial charge in [0.2, 0.25) is 5.91 Å². The maximum Gasteiger partial charge on any atom is 0.220 e. The highest BCUT2D eigenvalue weighted by Crippen LogP contribution is 2.35. The zero-order valence-electron chi connectivity index (χ0n) is 8.86. The van der Waals surface area contributed by atoms with Crippen LogP contribution in [0.4, 0.5) is 0 Å². The molecule has 1 aliphatic rings. The summed E-state index contributed by atoms with van der Waals surface area (Å²) >= 11 is 0. The van der Waals surface area contributed by atoms with Crippen molar-refractivity contribution >= 4 is 5.91 Å². The summed E-state index contributed by atoms with van der Waals surface area (Å²) < 4.78 is 0. The van der Waals surface area contributed by atoms with Crippen LogP contribution in [0.5, 0.6) is 0 Å². The van der Waals surface area contributed by atoms with Crippen LogP contribution >= 0.6 is 0 Å². The first kappa shape index (κ1) is 10.2. The highest BCUT2D eigenvalue weighted by molar-refractivity contribution is 5.76. The Labute approximate surface area is 90.5 Å². The Bertz CT molecular complexity index is 334. The summed E-state index contributed by atoms with van der Waals surface area (Å²) in [6, 6.07) is 10.4. The summed E-state index contributed by atoms with van der Waals surface area (Å²) in [6.07, 6.45) is 4.21. The van der Waals surface area contributed by atoms with Crippen LogP contribution in [0.2, 0.25) is 0 Å². The van der Waals surface area contributed by atoms with E-state index in [0.29, 0.717) is 5.92 Å². The average Bonchev–Trinajstić information content (AvgIpc) is 2.30. The van der Waals surface area contributed by atoms with E-state index in [1.54, 1.807) is 0 Å². The van der Waals surface area contributed by atoms with Crippen LogP contribution in [0.25, 0.3) is 0 Å². The number of hydrogen-bond acceptors (Lipinski definition) is 1. The molecule has 1 saturated carbocycles. The average molecular weight is 203 g/mol. The minimum absolute atomic E-state index is 0.0870. The van der Waals surface area contributed by atoms with Gasteiger partial charge in [0, 0.05) is 5.92 Å². The number of carbonyl (C=O) groups excluding carboxylic acids is 1. The predicted octanol–water partition coefficient (Wildman–Crippen LogP) is 2.45. The van der Waals surface area contributed by atoms with Crippen LogP contribution in [0, 0.1) is 5.92 Å². The molecule has 0 bridgehead atoms. The van der Waals surface area contributed by atoms with Gasteiger partial charge >= 0.3 is 0 Å². The first-order chi connectivity index (χ1) is 7.27. The number of carbonyl (C=O) groups is 1. The maximum atomic E-state index is 11.2. The second kappa shape index (κ2) is 4.47. The van der Waals surface area contributed by atoms with E-state index < -0.39 is 0 Å². The molecule has 0 heterocycles. The molecule has 1 aliphatic carbocycles. The first-order valence-electron chi connectivity index (χ1n) is 5.61. The topological polar surface area (TPSA) is 43.1 Å². The Hall–Kier alpha value is -1.31. The molecule has 0 radical (unpaired) electrons.